The first-order chi connectivity index (χ1) is 13.1. The lowest BCUT2D eigenvalue weighted by Crippen LogP contribution is -2.24. The fourth-order valence-electron chi connectivity index (χ4n) is 2.43. The van der Waals surface area contributed by atoms with Crippen molar-refractivity contribution in [3.8, 4) is 17.6 Å². The summed E-state index contributed by atoms with van der Waals surface area (Å²) in [5, 5.41) is 14.8. The third-order valence-corrected chi connectivity index (χ3v) is 3.93. The Balaban J connectivity index is 1.59. The molecule has 1 aliphatic rings. The molecule has 0 atom stereocenters. The van der Waals surface area contributed by atoms with Crippen molar-refractivity contribution in [2.45, 2.75) is 13.5 Å². The smallest absolute Gasteiger partial charge is 0.263 e. The number of hydrogen-bond donors (Lipinski definition) is 2. The summed E-state index contributed by atoms with van der Waals surface area (Å²) in [6, 6.07) is 14.0. The molecule has 27 heavy (non-hydrogen) atoms. The van der Waals surface area contributed by atoms with Crippen LogP contribution in [-0.4, -0.2) is 18.5 Å². The molecule has 7 heteroatoms. The van der Waals surface area contributed by atoms with Crippen molar-refractivity contribution in [1.82, 2.24) is 5.32 Å². The minimum Gasteiger partial charge on any atom is -0.454 e. The average Bonchev–Trinajstić information content (AvgIpc) is 3.15. The number of nitrogens with zero attached hydrogens (tertiary/aromatic N) is 1. The summed E-state index contributed by atoms with van der Waals surface area (Å²) in [6.45, 7) is 1.92. The minimum absolute atomic E-state index is 0.0299. The molecule has 3 rings (SSSR count). The summed E-state index contributed by atoms with van der Waals surface area (Å²) >= 11 is 0. The van der Waals surface area contributed by atoms with Gasteiger partial charge in [-0.25, -0.2) is 0 Å². The number of ether oxygens (including phenoxy) is 2. The van der Waals surface area contributed by atoms with Crippen LogP contribution >= 0.6 is 0 Å². The van der Waals surface area contributed by atoms with E-state index in [1.165, 1.54) is 13.1 Å². The molecule has 0 fully saturated rings. The van der Waals surface area contributed by atoms with Gasteiger partial charge in [-0.05, 0) is 48.9 Å². The molecule has 0 unspecified atom stereocenters. The quantitative estimate of drug-likeness (QED) is 0.465. The SMILES string of the molecule is CC(=O)c1ccc(N/C=C(/C#N)C(=O)NCc2ccc3c(c2)OCO3)cc1. The fraction of sp³-hybridized carbons (Fsp3) is 0.150. The maximum Gasteiger partial charge on any atom is 0.263 e. The first-order valence-electron chi connectivity index (χ1n) is 8.21. The minimum atomic E-state index is -0.497. The zero-order valence-corrected chi connectivity index (χ0v) is 14.6. The number of hydrogen-bond acceptors (Lipinski definition) is 6. The Morgan fingerprint density at radius 2 is 1.89 bits per heavy atom. The molecular weight excluding hydrogens is 346 g/mol. The number of anilines is 1. The van der Waals surface area contributed by atoms with Crippen LogP contribution in [0.2, 0.25) is 0 Å². The number of Topliss-reactive ketones (excluding diaryl/α,β-unsaturated/α-hetero) is 1. The molecule has 0 saturated carbocycles. The van der Waals surface area contributed by atoms with E-state index in [9.17, 15) is 14.9 Å². The zero-order valence-electron chi connectivity index (χ0n) is 14.6. The van der Waals surface area contributed by atoms with Crippen molar-refractivity contribution in [3.05, 3.63) is 65.4 Å². The lowest BCUT2D eigenvalue weighted by Gasteiger charge is -2.06. The largest absolute Gasteiger partial charge is 0.454 e. The second kappa shape index (κ2) is 8.06. The van der Waals surface area contributed by atoms with Gasteiger partial charge in [-0.3, -0.25) is 9.59 Å². The van der Waals surface area contributed by atoms with Crippen molar-refractivity contribution in [2.75, 3.05) is 12.1 Å². The van der Waals surface area contributed by atoms with E-state index >= 15 is 0 Å². The van der Waals surface area contributed by atoms with Crippen LogP contribution in [0.1, 0.15) is 22.8 Å². The molecule has 0 spiro atoms. The van der Waals surface area contributed by atoms with Crippen LogP contribution in [0, 0.1) is 11.3 Å². The maximum atomic E-state index is 12.2. The Kier molecular flexibility index (Phi) is 5.38. The fourth-order valence-corrected chi connectivity index (χ4v) is 2.43. The van der Waals surface area contributed by atoms with Crippen molar-refractivity contribution < 1.29 is 19.1 Å². The molecule has 1 aliphatic heterocycles. The highest BCUT2D eigenvalue weighted by Crippen LogP contribution is 2.32. The van der Waals surface area contributed by atoms with E-state index in [0.717, 1.165) is 5.56 Å². The third-order valence-electron chi connectivity index (χ3n) is 3.93. The number of nitrogens with one attached hydrogen (secondary N) is 2. The van der Waals surface area contributed by atoms with E-state index in [4.69, 9.17) is 9.47 Å². The molecule has 136 valence electrons. The number of fused-ring (bicyclic) bond motifs is 1. The topological polar surface area (TPSA) is 100 Å². The summed E-state index contributed by atoms with van der Waals surface area (Å²) in [5.74, 6) is 0.775. The van der Waals surface area contributed by atoms with E-state index < -0.39 is 5.91 Å². The summed E-state index contributed by atoms with van der Waals surface area (Å²) in [7, 11) is 0. The summed E-state index contributed by atoms with van der Waals surface area (Å²) in [4.78, 5) is 23.5. The van der Waals surface area contributed by atoms with Crippen LogP contribution in [0.25, 0.3) is 0 Å². The van der Waals surface area contributed by atoms with Crippen molar-refractivity contribution in [1.29, 1.82) is 5.26 Å². The van der Waals surface area contributed by atoms with Gasteiger partial charge in [0.2, 0.25) is 6.79 Å². The van der Waals surface area contributed by atoms with E-state index in [2.05, 4.69) is 10.6 Å². The van der Waals surface area contributed by atoms with Crippen LogP contribution in [0.4, 0.5) is 5.69 Å². The second-order valence-corrected chi connectivity index (χ2v) is 5.82. The highest BCUT2D eigenvalue weighted by Gasteiger charge is 2.14. The predicted molar refractivity (Wildman–Crippen MR) is 98.2 cm³/mol. The Bertz CT molecular complexity index is 943. The second-order valence-electron chi connectivity index (χ2n) is 5.82. The summed E-state index contributed by atoms with van der Waals surface area (Å²) in [5.41, 5.74) is 2.02. The highest BCUT2D eigenvalue weighted by molar-refractivity contribution is 5.97. The van der Waals surface area contributed by atoms with Crippen LogP contribution in [0.3, 0.4) is 0 Å². The summed E-state index contributed by atoms with van der Waals surface area (Å²) < 4.78 is 10.5. The van der Waals surface area contributed by atoms with E-state index in [-0.39, 0.29) is 24.7 Å². The van der Waals surface area contributed by atoms with Gasteiger partial charge in [-0.15, -0.1) is 0 Å². The molecule has 0 radical (unpaired) electrons. The normalized spacial score (nSPS) is 12.2. The number of amides is 1. The van der Waals surface area contributed by atoms with Crippen LogP contribution in [0.5, 0.6) is 11.5 Å². The Morgan fingerprint density at radius 3 is 2.59 bits per heavy atom. The van der Waals surface area contributed by atoms with Gasteiger partial charge in [0.1, 0.15) is 11.6 Å². The first-order valence-corrected chi connectivity index (χ1v) is 8.21. The molecule has 2 aromatic carbocycles. The lowest BCUT2D eigenvalue weighted by atomic mass is 10.1. The molecule has 1 heterocycles. The molecule has 0 aromatic heterocycles. The summed E-state index contributed by atoms with van der Waals surface area (Å²) in [6.07, 6.45) is 1.33. The van der Waals surface area contributed by atoms with Crippen molar-refractivity contribution in [3.63, 3.8) is 0 Å². The first kappa shape index (κ1) is 18.0. The maximum absolute atomic E-state index is 12.2. The van der Waals surface area contributed by atoms with Crippen LogP contribution < -0.4 is 20.1 Å². The molecule has 0 bridgehead atoms. The van der Waals surface area contributed by atoms with Gasteiger partial charge < -0.3 is 20.1 Å². The van der Waals surface area contributed by atoms with Crippen molar-refractivity contribution >= 4 is 17.4 Å². The van der Waals surface area contributed by atoms with Gasteiger partial charge in [0.15, 0.2) is 17.3 Å². The van der Waals surface area contributed by atoms with E-state index in [1.54, 1.807) is 36.4 Å². The molecular formula is C20H17N3O4. The molecule has 2 aromatic rings. The highest BCUT2D eigenvalue weighted by atomic mass is 16.7. The number of rotatable bonds is 6. The van der Waals surface area contributed by atoms with Gasteiger partial charge in [-0.1, -0.05) is 6.07 Å². The van der Waals surface area contributed by atoms with Crippen LogP contribution in [-0.2, 0) is 11.3 Å². The number of carbonyl (C=O) groups excluding carboxylic acids is 2. The predicted octanol–water partition coefficient (Wildman–Crippen LogP) is 2.75. The number of carbonyl (C=O) groups is 2. The van der Waals surface area contributed by atoms with Crippen molar-refractivity contribution in [2.24, 2.45) is 0 Å². The van der Waals surface area contributed by atoms with Gasteiger partial charge in [0.25, 0.3) is 5.91 Å². The molecule has 7 nitrogen and oxygen atoms in total. The molecule has 0 saturated heterocycles. The van der Waals surface area contributed by atoms with Gasteiger partial charge in [-0.2, -0.15) is 5.26 Å². The lowest BCUT2D eigenvalue weighted by molar-refractivity contribution is -0.117. The Morgan fingerprint density at radius 1 is 1.15 bits per heavy atom. The Labute approximate surface area is 156 Å². The number of benzene rings is 2. The molecule has 2 N–H and O–H groups in total. The monoisotopic (exact) mass is 363 g/mol. The van der Waals surface area contributed by atoms with Gasteiger partial charge >= 0.3 is 0 Å². The van der Waals surface area contributed by atoms with Gasteiger partial charge in [0, 0.05) is 24.0 Å². The van der Waals surface area contributed by atoms with Crippen LogP contribution in [0.15, 0.2) is 54.2 Å². The Hall–Kier alpha value is -3.79. The zero-order chi connectivity index (χ0) is 19.2. The van der Waals surface area contributed by atoms with Gasteiger partial charge in [0.05, 0.1) is 0 Å². The number of ketones is 1. The average molecular weight is 363 g/mol. The number of nitriles is 1. The van der Waals surface area contributed by atoms with E-state index in [0.29, 0.717) is 22.7 Å². The standard InChI is InChI=1S/C20H17N3O4/c1-13(24)15-3-5-17(6-4-15)22-11-16(9-21)20(25)23-10-14-2-7-18-19(8-14)27-12-26-18/h2-8,11,22H,10,12H2,1H3,(H,23,25)/b16-11-. The van der Waals surface area contributed by atoms with E-state index in [1.807, 2.05) is 12.1 Å². The molecule has 1 amide bonds. The third kappa shape index (κ3) is 4.44. The molecule has 0 aliphatic carbocycles.